The minimum absolute atomic E-state index is 0.243. The van der Waals surface area contributed by atoms with Gasteiger partial charge in [0.05, 0.1) is 13.2 Å². The lowest BCUT2D eigenvalue weighted by atomic mass is 10.0. The predicted molar refractivity (Wildman–Crippen MR) is 58.1 cm³/mol. The van der Waals surface area contributed by atoms with Crippen LogP contribution in [0.1, 0.15) is 27.2 Å². The molecule has 1 atom stereocenters. The molecule has 5 nitrogen and oxygen atoms in total. The lowest BCUT2D eigenvalue weighted by Crippen LogP contribution is -2.59. The number of hydrogen-bond donors (Lipinski definition) is 1. The number of ether oxygens (including phenoxy) is 2. The molecule has 0 saturated heterocycles. The highest BCUT2D eigenvalue weighted by molar-refractivity contribution is 6.04. The fourth-order valence-electron chi connectivity index (χ4n) is 0.961. The molecule has 1 unspecified atom stereocenters. The molecule has 0 aliphatic rings. The number of esters is 2. The molecule has 0 aliphatic carbocycles. The Bertz CT molecular complexity index is 327. The molecule has 8 heteroatoms. The Morgan fingerprint density at radius 1 is 1.16 bits per heavy atom. The van der Waals surface area contributed by atoms with Crippen molar-refractivity contribution < 1.29 is 37.3 Å². The fourth-order valence-corrected chi connectivity index (χ4v) is 0.961. The zero-order valence-electron chi connectivity index (χ0n) is 10.9. The van der Waals surface area contributed by atoms with Crippen LogP contribution in [0.15, 0.2) is 0 Å². The number of aliphatic hydroxyl groups is 1. The van der Waals surface area contributed by atoms with Gasteiger partial charge in [-0.15, -0.1) is 0 Å². The van der Waals surface area contributed by atoms with Crippen LogP contribution in [-0.2, 0) is 19.1 Å². The molecule has 0 radical (unpaired) electrons. The Morgan fingerprint density at radius 3 is 2.00 bits per heavy atom. The van der Waals surface area contributed by atoms with Gasteiger partial charge in [-0.3, -0.25) is 0 Å². The number of carbonyl (C=O) groups is 2. The van der Waals surface area contributed by atoms with Crippen molar-refractivity contribution in [1.29, 1.82) is 0 Å². The Kier molecular flexibility index (Phi) is 6.28. The molecule has 0 bridgehead atoms. The minimum atomic E-state index is -5.51. The lowest BCUT2D eigenvalue weighted by Gasteiger charge is -2.26. The SMILES string of the molecule is CCCOC(=O)C(O)(C(=O)OCC(C)C)C(F)(F)F. The van der Waals surface area contributed by atoms with Crippen LogP contribution < -0.4 is 0 Å². The Morgan fingerprint density at radius 2 is 1.63 bits per heavy atom. The number of hydrogen-bond acceptors (Lipinski definition) is 5. The summed E-state index contributed by atoms with van der Waals surface area (Å²) in [7, 11) is 0. The molecule has 19 heavy (non-hydrogen) atoms. The number of halogens is 3. The Labute approximate surface area is 108 Å². The second-order valence-electron chi connectivity index (χ2n) is 4.34. The lowest BCUT2D eigenvalue weighted by molar-refractivity contribution is -0.264. The van der Waals surface area contributed by atoms with Crippen LogP contribution in [0.4, 0.5) is 13.2 Å². The van der Waals surface area contributed by atoms with E-state index in [1.54, 1.807) is 20.8 Å². The topological polar surface area (TPSA) is 72.8 Å². The molecular formula is C11H17F3O5. The van der Waals surface area contributed by atoms with Gasteiger partial charge in [-0.25, -0.2) is 9.59 Å². The molecule has 0 heterocycles. The van der Waals surface area contributed by atoms with Crippen LogP contribution in [0.25, 0.3) is 0 Å². The van der Waals surface area contributed by atoms with Gasteiger partial charge in [0.2, 0.25) is 0 Å². The molecule has 0 fully saturated rings. The smallest absolute Gasteiger partial charge is 0.439 e. The second-order valence-corrected chi connectivity index (χ2v) is 4.34. The van der Waals surface area contributed by atoms with Gasteiger partial charge >= 0.3 is 23.7 Å². The van der Waals surface area contributed by atoms with Crippen molar-refractivity contribution in [2.24, 2.45) is 5.92 Å². The maximum Gasteiger partial charge on any atom is 0.439 e. The van der Waals surface area contributed by atoms with E-state index in [-0.39, 0.29) is 25.6 Å². The van der Waals surface area contributed by atoms with Crippen LogP contribution in [-0.4, -0.2) is 42.0 Å². The summed E-state index contributed by atoms with van der Waals surface area (Å²) >= 11 is 0. The Hall–Kier alpha value is -1.31. The van der Waals surface area contributed by atoms with Crippen molar-refractivity contribution in [3.8, 4) is 0 Å². The van der Waals surface area contributed by atoms with Gasteiger partial charge in [0.1, 0.15) is 0 Å². The highest BCUT2D eigenvalue weighted by Gasteiger charge is 2.68. The van der Waals surface area contributed by atoms with Crippen LogP contribution in [0.2, 0.25) is 0 Å². The first kappa shape index (κ1) is 17.7. The van der Waals surface area contributed by atoms with E-state index in [1.807, 2.05) is 0 Å². The number of alkyl halides is 3. The fraction of sp³-hybridized carbons (Fsp3) is 0.818. The maximum absolute atomic E-state index is 12.7. The monoisotopic (exact) mass is 286 g/mol. The minimum Gasteiger partial charge on any atom is -0.463 e. The first-order chi connectivity index (χ1) is 8.57. The van der Waals surface area contributed by atoms with E-state index < -0.39 is 23.7 Å². The van der Waals surface area contributed by atoms with Gasteiger partial charge in [0.25, 0.3) is 0 Å². The first-order valence-electron chi connectivity index (χ1n) is 5.70. The zero-order chi connectivity index (χ0) is 15.3. The summed E-state index contributed by atoms with van der Waals surface area (Å²) in [5.41, 5.74) is -4.28. The third kappa shape index (κ3) is 4.38. The zero-order valence-corrected chi connectivity index (χ0v) is 10.9. The summed E-state index contributed by atoms with van der Waals surface area (Å²) in [6, 6.07) is 0. The molecular weight excluding hydrogens is 269 g/mol. The molecule has 1 N–H and O–H groups in total. The third-order valence-corrected chi connectivity index (χ3v) is 1.99. The van der Waals surface area contributed by atoms with Crippen molar-refractivity contribution >= 4 is 11.9 Å². The molecule has 0 aliphatic heterocycles. The highest BCUT2D eigenvalue weighted by atomic mass is 19.4. The Balaban J connectivity index is 5.08. The first-order valence-corrected chi connectivity index (χ1v) is 5.70. The predicted octanol–water partition coefficient (Wildman–Crippen LogP) is 1.43. The molecule has 0 spiro atoms. The molecule has 0 rings (SSSR count). The van der Waals surface area contributed by atoms with Gasteiger partial charge < -0.3 is 14.6 Å². The summed E-state index contributed by atoms with van der Waals surface area (Å²) in [5.74, 6) is -4.39. The third-order valence-electron chi connectivity index (χ3n) is 1.99. The summed E-state index contributed by atoms with van der Waals surface area (Å²) in [4.78, 5) is 22.6. The normalized spacial score (nSPS) is 14.9. The van der Waals surface area contributed by atoms with Gasteiger partial charge in [-0.2, -0.15) is 13.2 Å². The van der Waals surface area contributed by atoms with Gasteiger partial charge in [-0.05, 0) is 12.3 Å². The quantitative estimate of drug-likeness (QED) is 0.590. The standard InChI is InChI=1S/C11H17F3O5/c1-4-5-18-8(15)10(17,11(12,13)14)9(16)19-6-7(2)3/h7,17H,4-6H2,1-3H3. The van der Waals surface area contributed by atoms with Crippen molar-refractivity contribution in [2.45, 2.75) is 39.0 Å². The van der Waals surface area contributed by atoms with E-state index in [9.17, 15) is 27.9 Å². The van der Waals surface area contributed by atoms with E-state index in [0.717, 1.165) is 0 Å². The molecule has 0 aromatic rings. The number of rotatable bonds is 6. The summed E-state index contributed by atoms with van der Waals surface area (Å²) in [5, 5.41) is 9.35. The largest absolute Gasteiger partial charge is 0.463 e. The van der Waals surface area contributed by atoms with Crippen LogP contribution in [0.3, 0.4) is 0 Å². The van der Waals surface area contributed by atoms with Gasteiger partial charge in [0, 0.05) is 0 Å². The van der Waals surface area contributed by atoms with Crippen LogP contribution >= 0.6 is 0 Å². The van der Waals surface area contributed by atoms with Crippen LogP contribution in [0, 0.1) is 5.92 Å². The summed E-state index contributed by atoms with van der Waals surface area (Å²) in [6.45, 7) is 4.05. The van der Waals surface area contributed by atoms with Crippen molar-refractivity contribution in [3.63, 3.8) is 0 Å². The van der Waals surface area contributed by atoms with Crippen molar-refractivity contribution in [3.05, 3.63) is 0 Å². The van der Waals surface area contributed by atoms with Crippen molar-refractivity contribution in [1.82, 2.24) is 0 Å². The molecule has 0 saturated carbocycles. The average Bonchev–Trinajstić information content (AvgIpc) is 2.30. The van der Waals surface area contributed by atoms with Crippen LogP contribution in [0.5, 0.6) is 0 Å². The van der Waals surface area contributed by atoms with E-state index in [0.29, 0.717) is 0 Å². The van der Waals surface area contributed by atoms with E-state index in [1.165, 1.54) is 0 Å². The second kappa shape index (κ2) is 6.74. The molecule has 0 aromatic heterocycles. The van der Waals surface area contributed by atoms with E-state index in [2.05, 4.69) is 9.47 Å². The average molecular weight is 286 g/mol. The molecule has 0 aromatic carbocycles. The van der Waals surface area contributed by atoms with Crippen molar-refractivity contribution in [2.75, 3.05) is 13.2 Å². The molecule has 0 amide bonds. The highest BCUT2D eigenvalue weighted by Crippen LogP contribution is 2.33. The summed E-state index contributed by atoms with van der Waals surface area (Å²) in [6.07, 6.45) is -5.26. The van der Waals surface area contributed by atoms with E-state index >= 15 is 0 Å². The number of carbonyl (C=O) groups excluding carboxylic acids is 2. The van der Waals surface area contributed by atoms with Gasteiger partial charge in [0.15, 0.2) is 0 Å². The summed E-state index contributed by atoms with van der Waals surface area (Å²) < 4.78 is 46.6. The molecule has 112 valence electrons. The van der Waals surface area contributed by atoms with E-state index in [4.69, 9.17) is 0 Å². The maximum atomic E-state index is 12.7. The van der Waals surface area contributed by atoms with Gasteiger partial charge in [-0.1, -0.05) is 20.8 Å².